The van der Waals surface area contributed by atoms with E-state index in [1.165, 1.54) is 11.3 Å². The van der Waals surface area contributed by atoms with Gasteiger partial charge in [-0.1, -0.05) is 24.3 Å². The van der Waals surface area contributed by atoms with Crippen molar-refractivity contribution >= 4 is 34.8 Å². The van der Waals surface area contributed by atoms with Gasteiger partial charge in [-0.2, -0.15) is 0 Å². The number of piperazine rings is 1. The maximum absolute atomic E-state index is 12.9. The summed E-state index contributed by atoms with van der Waals surface area (Å²) in [5, 5.41) is 2.89. The molecule has 2 saturated heterocycles. The van der Waals surface area contributed by atoms with E-state index >= 15 is 0 Å². The number of carbonyl (C=O) groups excluding carboxylic acids is 2. The first-order chi connectivity index (χ1) is 17.0. The molecule has 180 valence electrons. The number of amides is 2. The first kappa shape index (κ1) is 22.8. The van der Waals surface area contributed by atoms with Gasteiger partial charge in [0.1, 0.15) is 0 Å². The molecule has 2 fully saturated rings. The van der Waals surface area contributed by atoms with Crippen LogP contribution in [0.25, 0.3) is 0 Å². The van der Waals surface area contributed by atoms with Crippen LogP contribution in [-0.2, 0) is 9.59 Å². The number of hydrogen-bond donors (Lipinski definition) is 1. The largest absolute Gasteiger partial charge is 0.368 e. The summed E-state index contributed by atoms with van der Waals surface area (Å²) in [4.78, 5) is 40.6. The second-order valence-corrected chi connectivity index (χ2v) is 9.24. The molecule has 3 aromatic rings. The Morgan fingerprint density at radius 2 is 1.57 bits per heavy atom. The molecule has 3 heterocycles. The van der Waals surface area contributed by atoms with Crippen LogP contribution in [0.1, 0.15) is 17.5 Å². The Morgan fingerprint density at radius 3 is 2.26 bits per heavy atom. The van der Waals surface area contributed by atoms with Gasteiger partial charge in [0, 0.05) is 50.5 Å². The molecule has 8 nitrogen and oxygen atoms in total. The molecule has 2 aromatic carbocycles. The van der Waals surface area contributed by atoms with Gasteiger partial charge >= 0.3 is 0 Å². The van der Waals surface area contributed by atoms with E-state index in [1.807, 2.05) is 38.1 Å². The maximum atomic E-state index is 12.9. The summed E-state index contributed by atoms with van der Waals surface area (Å²) in [6, 6.07) is 16.3. The van der Waals surface area contributed by atoms with E-state index < -0.39 is 5.92 Å². The van der Waals surface area contributed by atoms with Crippen molar-refractivity contribution in [2.24, 2.45) is 5.92 Å². The molecule has 0 radical (unpaired) electrons. The number of hydrogen-bond acceptors (Lipinski definition) is 6. The molecule has 1 unspecified atom stereocenters. The minimum Gasteiger partial charge on any atom is -0.368 e. The van der Waals surface area contributed by atoms with Crippen LogP contribution in [0.5, 0.6) is 0 Å². The second-order valence-electron chi connectivity index (χ2n) is 9.24. The Labute approximate surface area is 205 Å². The number of anilines is 4. The molecule has 35 heavy (non-hydrogen) atoms. The van der Waals surface area contributed by atoms with Crippen LogP contribution in [-0.4, -0.2) is 54.5 Å². The number of nitrogens with zero attached hydrogens (tertiary/aromatic N) is 5. The van der Waals surface area contributed by atoms with E-state index in [0.717, 1.165) is 37.4 Å². The van der Waals surface area contributed by atoms with Crippen LogP contribution >= 0.6 is 0 Å². The Kier molecular flexibility index (Phi) is 6.35. The quantitative estimate of drug-likeness (QED) is 0.616. The fourth-order valence-corrected chi connectivity index (χ4v) is 4.62. The number of para-hydroxylation sites is 1. The Morgan fingerprint density at radius 1 is 0.886 bits per heavy atom. The molecule has 2 aliphatic rings. The molecule has 1 aromatic heterocycles. The standard InChI is InChI=1S/C27H30N6O2/c1-19-8-9-24(14-20(19)2)33-18-21(15-25(33)34)26(35)30-22-16-28-27(29-17-22)32-12-10-31(11-13-32)23-6-4-3-5-7-23/h3-9,14,16-17,21H,10-13,15,18H2,1-2H3,(H,30,35). The van der Waals surface area contributed by atoms with Crippen molar-refractivity contribution < 1.29 is 9.59 Å². The SMILES string of the molecule is Cc1ccc(N2CC(C(=O)Nc3cnc(N4CCN(c5ccccc5)CC4)nc3)CC2=O)cc1C. The average molecular weight is 471 g/mol. The van der Waals surface area contributed by atoms with Crippen molar-refractivity contribution in [3.05, 3.63) is 72.1 Å². The lowest BCUT2D eigenvalue weighted by Gasteiger charge is -2.36. The highest BCUT2D eigenvalue weighted by molar-refractivity contribution is 6.03. The fraction of sp³-hybridized carbons (Fsp3) is 0.333. The average Bonchev–Trinajstić information content (AvgIpc) is 3.28. The number of benzene rings is 2. The summed E-state index contributed by atoms with van der Waals surface area (Å²) in [5.74, 6) is 0.0367. The van der Waals surface area contributed by atoms with E-state index in [1.54, 1.807) is 17.3 Å². The monoisotopic (exact) mass is 470 g/mol. The smallest absolute Gasteiger partial charge is 0.229 e. The van der Waals surface area contributed by atoms with E-state index in [0.29, 0.717) is 18.2 Å². The second kappa shape index (κ2) is 9.74. The van der Waals surface area contributed by atoms with Crippen molar-refractivity contribution in [2.45, 2.75) is 20.3 Å². The third kappa shape index (κ3) is 4.96. The summed E-state index contributed by atoms with van der Waals surface area (Å²) < 4.78 is 0. The van der Waals surface area contributed by atoms with Gasteiger partial charge in [-0.25, -0.2) is 9.97 Å². The van der Waals surface area contributed by atoms with Crippen molar-refractivity contribution in [1.82, 2.24) is 9.97 Å². The zero-order valence-corrected chi connectivity index (χ0v) is 20.1. The van der Waals surface area contributed by atoms with Crippen LogP contribution in [0, 0.1) is 19.8 Å². The third-order valence-electron chi connectivity index (χ3n) is 6.89. The van der Waals surface area contributed by atoms with Crippen LogP contribution in [0.4, 0.5) is 23.0 Å². The number of rotatable bonds is 5. The molecule has 5 rings (SSSR count). The van der Waals surface area contributed by atoms with Crippen molar-refractivity contribution in [2.75, 3.05) is 52.7 Å². The Bertz CT molecular complexity index is 1210. The zero-order valence-electron chi connectivity index (χ0n) is 20.1. The normalized spacial score (nSPS) is 18.2. The maximum Gasteiger partial charge on any atom is 0.229 e. The molecule has 2 aliphatic heterocycles. The van der Waals surface area contributed by atoms with Crippen LogP contribution in [0.15, 0.2) is 60.9 Å². The topological polar surface area (TPSA) is 81.7 Å². The lowest BCUT2D eigenvalue weighted by atomic mass is 10.1. The zero-order chi connectivity index (χ0) is 24.4. The lowest BCUT2D eigenvalue weighted by Crippen LogP contribution is -2.47. The van der Waals surface area contributed by atoms with E-state index in [9.17, 15) is 9.59 Å². The fourth-order valence-electron chi connectivity index (χ4n) is 4.62. The number of aryl methyl sites for hydroxylation is 2. The first-order valence-electron chi connectivity index (χ1n) is 12.0. The van der Waals surface area contributed by atoms with Gasteiger partial charge in [-0.15, -0.1) is 0 Å². The molecule has 2 amide bonds. The Hall–Kier alpha value is -3.94. The summed E-state index contributed by atoms with van der Waals surface area (Å²) in [6.45, 7) is 7.91. The molecule has 1 N–H and O–H groups in total. The van der Waals surface area contributed by atoms with Gasteiger partial charge in [0.25, 0.3) is 0 Å². The molecular weight excluding hydrogens is 440 g/mol. The van der Waals surface area contributed by atoms with Crippen molar-refractivity contribution in [1.29, 1.82) is 0 Å². The van der Waals surface area contributed by atoms with Gasteiger partial charge < -0.3 is 20.0 Å². The summed E-state index contributed by atoms with van der Waals surface area (Å²) in [5.41, 5.74) is 4.91. The summed E-state index contributed by atoms with van der Waals surface area (Å²) in [7, 11) is 0. The molecule has 8 heteroatoms. The van der Waals surface area contributed by atoms with Gasteiger partial charge in [-0.05, 0) is 49.2 Å². The predicted octanol–water partition coefficient (Wildman–Crippen LogP) is 3.41. The first-order valence-corrected chi connectivity index (χ1v) is 12.0. The van der Waals surface area contributed by atoms with E-state index in [4.69, 9.17) is 0 Å². The number of carbonyl (C=O) groups is 2. The molecule has 0 aliphatic carbocycles. The predicted molar refractivity (Wildman–Crippen MR) is 138 cm³/mol. The van der Waals surface area contributed by atoms with E-state index in [-0.39, 0.29) is 18.2 Å². The lowest BCUT2D eigenvalue weighted by molar-refractivity contribution is -0.122. The minimum absolute atomic E-state index is 0.0327. The van der Waals surface area contributed by atoms with Crippen LogP contribution in [0.2, 0.25) is 0 Å². The van der Waals surface area contributed by atoms with E-state index in [2.05, 4.69) is 49.4 Å². The number of aromatic nitrogens is 2. The van der Waals surface area contributed by atoms with Crippen LogP contribution in [0.3, 0.4) is 0 Å². The van der Waals surface area contributed by atoms with Crippen molar-refractivity contribution in [3.63, 3.8) is 0 Å². The van der Waals surface area contributed by atoms with Gasteiger partial charge in [0.2, 0.25) is 17.8 Å². The molecule has 0 saturated carbocycles. The molecule has 0 spiro atoms. The summed E-state index contributed by atoms with van der Waals surface area (Å²) >= 11 is 0. The molecular formula is C27H30N6O2. The number of nitrogens with one attached hydrogen (secondary N) is 1. The highest BCUT2D eigenvalue weighted by atomic mass is 16.2. The van der Waals surface area contributed by atoms with Crippen LogP contribution < -0.4 is 20.0 Å². The van der Waals surface area contributed by atoms with Gasteiger partial charge in [0.15, 0.2) is 0 Å². The Balaban J connectivity index is 1.16. The molecule has 0 bridgehead atoms. The van der Waals surface area contributed by atoms with Gasteiger partial charge in [-0.3, -0.25) is 9.59 Å². The molecule has 1 atom stereocenters. The third-order valence-corrected chi connectivity index (χ3v) is 6.89. The highest BCUT2D eigenvalue weighted by Crippen LogP contribution is 2.27. The minimum atomic E-state index is -0.408. The summed E-state index contributed by atoms with van der Waals surface area (Å²) in [6.07, 6.45) is 3.48. The highest BCUT2D eigenvalue weighted by Gasteiger charge is 2.35. The van der Waals surface area contributed by atoms with Gasteiger partial charge in [0.05, 0.1) is 24.0 Å². The van der Waals surface area contributed by atoms with Crippen molar-refractivity contribution in [3.8, 4) is 0 Å².